The molecule has 0 saturated carbocycles. The molecule has 26 heavy (non-hydrogen) atoms. The minimum atomic E-state index is -4.82. The Bertz CT molecular complexity index is 847. The van der Waals surface area contributed by atoms with Crippen molar-refractivity contribution in [2.24, 2.45) is 0 Å². The number of thioether (sulfide) groups is 1. The van der Waals surface area contributed by atoms with Crippen LogP contribution >= 0.6 is 11.8 Å². The van der Waals surface area contributed by atoms with Crippen LogP contribution in [0.3, 0.4) is 0 Å². The largest absolute Gasteiger partial charge is 0.433 e. The van der Waals surface area contributed by atoms with E-state index < -0.39 is 41.9 Å². The number of rotatable bonds is 4. The normalized spacial score (nSPS) is 12.3. The van der Waals surface area contributed by atoms with Gasteiger partial charge in [-0.1, -0.05) is 0 Å². The number of benzene rings is 1. The molecule has 2 rings (SSSR count). The van der Waals surface area contributed by atoms with Crippen LogP contribution in [-0.4, -0.2) is 21.7 Å². The molecule has 11 heteroatoms. The van der Waals surface area contributed by atoms with Crippen LogP contribution in [0.5, 0.6) is 0 Å². The van der Waals surface area contributed by atoms with Crippen molar-refractivity contribution < 1.29 is 30.7 Å². The molecule has 0 saturated heterocycles. The van der Waals surface area contributed by atoms with Crippen LogP contribution < -0.4 is 0 Å². The molecule has 0 spiro atoms. The van der Waals surface area contributed by atoms with Crippen molar-refractivity contribution in [1.82, 2.24) is 9.78 Å². The van der Waals surface area contributed by atoms with Gasteiger partial charge in [-0.2, -0.15) is 36.7 Å². The molecule has 1 heterocycles. The highest BCUT2D eigenvalue weighted by molar-refractivity contribution is 7.99. The number of aryl methyl sites for hydroxylation is 1. The fourth-order valence-electron chi connectivity index (χ4n) is 2.13. The van der Waals surface area contributed by atoms with Gasteiger partial charge in [0.15, 0.2) is 0 Å². The molecule has 3 nitrogen and oxygen atoms in total. The van der Waals surface area contributed by atoms with Crippen LogP contribution in [0.15, 0.2) is 23.1 Å². The number of aromatic nitrogens is 2. The standard InChI is InChI=1S/C15H10F7N3S/c1-8-4-10(16)9(5-12(8)26-7-14(17,18)19)11-6-13(15(20,21)22)25(24-11)3-2-23/h4-6H,3,7H2,1H3. The summed E-state index contributed by atoms with van der Waals surface area (Å²) in [5, 5.41) is 12.2. The average Bonchev–Trinajstić information content (AvgIpc) is 2.89. The summed E-state index contributed by atoms with van der Waals surface area (Å²) < 4.78 is 90.7. The minimum Gasteiger partial charge on any atom is -0.246 e. The van der Waals surface area contributed by atoms with Gasteiger partial charge in [0.2, 0.25) is 0 Å². The first kappa shape index (κ1) is 20.1. The maximum Gasteiger partial charge on any atom is 0.433 e. The van der Waals surface area contributed by atoms with E-state index in [0.717, 1.165) is 12.1 Å². The van der Waals surface area contributed by atoms with Crippen LogP contribution in [-0.2, 0) is 12.7 Å². The molecule has 0 bridgehead atoms. The molecular formula is C15H10F7N3S. The molecular weight excluding hydrogens is 387 g/mol. The Hall–Kier alpha value is -2.22. The number of alkyl halides is 6. The summed E-state index contributed by atoms with van der Waals surface area (Å²) in [6.45, 7) is 0.680. The van der Waals surface area contributed by atoms with Gasteiger partial charge in [-0.25, -0.2) is 9.07 Å². The lowest BCUT2D eigenvalue weighted by molar-refractivity contribution is -0.143. The molecule has 0 aliphatic carbocycles. The lowest BCUT2D eigenvalue weighted by atomic mass is 10.1. The third kappa shape index (κ3) is 4.69. The second-order valence-electron chi connectivity index (χ2n) is 5.23. The number of nitriles is 1. The highest BCUT2D eigenvalue weighted by Gasteiger charge is 2.36. The molecule has 140 valence electrons. The van der Waals surface area contributed by atoms with Crippen LogP contribution in [0.25, 0.3) is 11.3 Å². The summed E-state index contributed by atoms with van der Waals surface area (Å²) in [4.78, 5) is 0.0714. The smallest absolute Gasteiger partial charge is 0.246 e. The third-order valence-corrected chi connectivity index (χ3v) is 4.45. The van der Waals surface area contributed by atoms with Gasteiger partial charge in [-0.15, -0.1) is 11.8 Å². The van der Waals surface area contributed by atoms with Crippen LogP contribution in [0, 0.1) is 24.1 Å². The van der Waals surface area contributed by atoms with Gasteiger partial charge in [-0.3, -0.25) is 0 Å². The van der Waals surface area contributed by atoms with Crippen molar-refractivity contribution in [3.63, 3.8) is 0 Å². The van der Waals surface area contributed by atoms with E-state index in [1.54, 1.807) is 0 Å². The molecule has 0 radical (unpaired) electrons. The summed E-state index contributed by atoms with van der Waals surface area (Å²) in [6, 6.07) is 4.03. The van der Waals surface area contributed by atoms with E-state index in [9.17, 15) is 30.7 Å². The van der Waals surface area contributed by atoms with E-state index in [-0.39, 0.29) is 16.0 Å². The first-order chi connectivity index (χ1) is 11.9. The number of nitrogens with zero attached hydrogens (tertiary/aromatic N) is 3. The topological polar surface area (TPSA) is 41.6 Å². The maximum absolute atomic E-state index is 14.2. The summed E-state index contributed by atoms with van der Waals surface area (Å²) in [6.07, 6.45) is -9.28. The van der Waals surface area contributed by atoms with Crippen molar-refractivity contribution in [3.8, 4) is 17.3 Å². The van der Waals surface area contributed by atoms with Gasteiger partial charge >= 0.3 is 12.4 Å². The van der Waals surface area contributed by atoms with Crippen molar-refractivity contribution in [2.45, 2.75) is 30.7 Å². The van der Waals surface area contributed by atoms with Gasteiger partial charge in [0.05, 0.1) is 17.5 Å². The van der Waals surface area contributed by atoms with Crippen molar-refractivity contribution in [3.05, 3.63) is 35.3 Å². The number of halogens is 7. The zero-order valence-corrected chi connectivity index (χ0v) is 13.9. The molecule has 0 unspecified atom stereocenters. The second kappa shape index (κ2) is 7.19. The molecule has 0 aliphatic rings. The molecule has 2 aromatic rings. The Kier molecular flexibility index (Phi) is 5.55. The van der Waals surface area contributed by atoms with E-state index in [1.807, 2.05) is 0 Å². The fraction of sp³-hybridized carbons (Fsp3) is 0.333. The zero-order valence-electron chi connectivity index (χ0n) is 13.0. The Labute approximate surface area is 147 Å². The Morgan fingerprint density at radius 1 is 1.15 bits per heavy atom. The van der Waals surface area contributed by atoms with Crippen LogP contribution in [0.4, 0.5) is 30.7 Å². The fourth-order valence-corrected chi connectivity index (χ4v) is 2.94. The van der Waals surface area contributed by atoms with E-state index in [0.29, 0.717) is 22.5 Å². The lowest BCUT2D eigenvalue weighted by Gasteiger charge is -2.10. The van der Waals surface area contributed by atoms with Gasteiger partial charge in [0, 0.05) is 10.5 Å². The Morgan fingerprint density at radius 3 is 2.35 bits per heavy atom. The first-order valence-corrected chi connectivity index (χ1v) is 7.93. The van der Waals surface area contributed by atoms with Crippen molar-refractivity contribution >= 4 is 11.8 Å². The average molecular weight is 397 g/mol. The second-order valence-corrected chi connectivity index (χ2v) is 6.25. The van der Waals surface area contributed by atoms with E-state index in [2.05, 4.69) is 5.10 Å². The Balaban J connectivity index is 2.50. The molecule has 0 fully saturated rings. The van der Waals surface area contributed by atoms with Crippen molar-refractivity contribution in [2.75, 3.05) is 5.75 Å². The predicted molar refractivity (Wildman–Crippen MR) is 79.8 cm³/mol. The van der Waals surface area contributed by atoms with Gasteiger partial charge < -0.3 is 0 Å². The molecule has 0 aliphatic heterocycles. The van der Waals surface area contributed by atoms with E-state index in [1.165, 1.54) is 13.0 Å². The van der Waals surface area contributed by atoms with Crippen LogP contribution in [0.2, 0.25) is 0 Å². The SMILES string of the molecule is Cc1cc(F)c(-c2cc(C(F)(F)F)n(CC#N)n2)cc1SCC(F)(F)F. The summed E-state index contributed by atoms with van der Waals surface area (Å²) in [7, 11) is 0. The summed E-state index contributed by atoms with van der Waals surface area (Å²) in [5.41, 5.74) is -1.83. The lowest BCUT2D eigenvalue weighted by Crippen LogP contribution is -2.14. The number of hydrogen-bond donors (Lipinski definition) is 0. The minimum absolute atomic E-state index is 0.0714. The highest BCUT2D eigenvalue weighted by atomic mass is 32.2. The third-order valence-electron chi connectivity index (χ3n) is 3.22. The predicted octanol–water partition coefficient (Wildman–Crippen LogP) is 5.19. The van der Waals surface area contributed by atoms with Crippen molar-refractivity contribution in [1.29, 1.82) is 5.26 Å². The zero-order chi connectivity index (χ0) is 19.7. The molecule has 1 aromatic carbocycles. The van der Waals surface area contributed by atoms with Crippen LogP contribution in [0.1, 0.15) is 11.3 Å². The number of hydrogen-bond acceptors (Lipinski definition) is 3. The molecule has 0 atom stereocenters. The maximum atomic E-state index is 14.2. The summed E-state index contributed by atoms with van der Waals surface area (Å²) in [5.74, 6) is -2.15. The molecule has 0 amide bonds. The monoisotopic (exact) mass is 397 g/mol. The van der Waals surface area contributed by atoms with Gasteiger partial charge in [0.25, 0.3) is 0 Å². The quantitative estimate of drug-likeness (QED) is 0.526. The van der Waals surface area contributed by atoms with Gasteiger partial charge in [-0.05, 0) is 30.7 Å². The first-order valence-electron chi connectivity index (χ1n) is 6.94. The summed E-state index contributed by atoms with van der Waals surface area (Å²) >= 11 is 0.398. The Morgan fingerprint density at radius 2 is 1.81 bits per heavy atom. The van der Waals surface area contributed by atoms with Gasteiger partial charge in [0.1, 0.15) is 18.1 Å². The van der Waals surface area contributed by atoms with E-state index >= 15 is 0 Å². The molecule has 1 aromatic heterocycles. The molecule has 0 N–H and O–H groups in total. The highest BCUT2D eigenvalue weighted by Crippen LogP contribution is 2.36. The van der Waals surface area contributed by atoms with E-state index in [4.69, 9.17) is 5.26 Å².